The molecule has 5 nitrogen and oxygen atoms in total. The molecule has 1 aliphatic rings. The number of piperidine rings is 1. The van der Waals surface area contributed by atoms with Gasteiger partial charge in [0.1, 0.15) is 0 Å². The molecule has 1 aromatic carbocycles. The van der Waals surface area contributed by atoms with Crippen LogP contribution < -0.4 is 5.32 Å². The Morgan fingerprint density at radius 2 is 1.91 bits per heavy atom. The Balaban J connectivity index is 1.97. The fourth-order valence-electron chi connectivity index (χ4n) is 3.12. The number of likely N-dealkylation sites (tertiary alicyclic amines) is 1. The van der Waals surface area contributed by atoms with Crippen molar-refractivity contribution < 1.29 is 4.92 Å². The predicted molar refractivity (Wildman–Crippen MR) is 89.1 cm³/mol. The minimum atomic E-state index is -0.299. The van der Waals surface area contributed by atoms with Crippen molar-refractivity contribution >= 4 is 5.69 Å². The largest absolute Gasteiger partial charge is 0.307 e. The summed E-state index contributed by atoms with van der Waals surface area (Å²) in [6.07, 6.45) is 2.27. The molecule has 0 saturated carbocycles. The number of nitro groups is 1. The van der Waals surface area contributed by atoms with Gasteiger partial charge < -0.3 is 10.2 Å². The summed E-state index contributed by atoms with van der Waals surface area (Å²) >= 11 is 0. The van der Waals surface area contributed by atoms with Gasteiger partial charge >= 0.3 is 0 Å². The summed E-state index contributed by atoms with van der Waals surface area (Å²) < 4.78 is 0. The third kappa shape index (κ3) is 4.05. The number of nitrogens with one attached hydrogen (secondary N) is 1. The zero-order valence-corrected chi connectivity index (χ0v) is 14.0. The van der Waals surface area contributed by atoms with Gasteiger partial charge in [-0.25, -0.2) is 0 Å². The first-order chi connectivity index (χ1) is 10.4. The zero-order chi connectivity index (χ0) is 16.3. The van der Waals surface area contributed by atoms with Crippen LogP contribution in [0.3, 0.4) is 0 Å². The first-order valence-corrected chi connectivity index (χ1v) is 8.13. The van der Waals surface area contributed by atoms with Gasteiger partial charge in [0.15, 0.2) is 0 Å². The molecule has 1 atom stereocenters. The Labute approximate surface area is 132 Å². The molecule has 22 heavy (non-hydrogen) atoms. The van der Waals surface area contributed by atoms with E-state index in [1.165, 1.54) is 0 Å². The van der Waals surface area contributed by atoms with Crippen molar-refractivity contribution in [1.82, 2.24) is 10.2 Å². The monoisotopic (exact) mass is 305 g/mol. The highest BCUT2D eigenvalue weighted by atomic mass is 16.6. The molecular formula is C17H27N3O2. The summed E-state index contributed by atoms with van der Waals surface area (Å²) in [6, 6.07) is 6.77. The van der Waals surface area contributed by atoms with Crippen molar-refractivity contribution in [2.75, 3.05) is 13.1 Å². The average molecular weight is 305 g/mol. The summed E-state index contributed by atoms with van der Waals surface area (Å²) in [4.78, 5) is 13.3. The van der Waals surface area contributed by atoms with E-state index in [0.29, 0.717) is 17.6 Å². The molecule has 1 saturated heterocycles. The molecule has 1 aromatic rings. The van der Waals surface area contributed by atoms with Gasteiger partial charge in [0.25, 0.3) is 5.69 Å². The Kier molecular flexibility index (Phi) is 5.53. The molecule has 0 aromatic heterocycles. The molecule has 0 amide bonds. The molecule has 5 heteroatoms. The number of benzene rings is 1. The van der Waals surface area contributed by atoms with E-state index >= 15 is 0 Å². The molecule has 0 bridgehead atoms. The highest BCUT2D eigenvalue weighted by Gasteiger charge is 2.23. The van der Waals surface area contributed by atoms with E-state index in [-0.39, 0.29) is 16.7 Å². The Hall–Kier alpha value is -1.46. The summed E-state index contributed by atoms with van der Waals surface area (Å²) in [5.41, 5.74) is 1.91. The molecule has 1 heterocycles. The Morgan fingerprint density at radius 3 is 2.45 bits per heavy atom. The summed E-state index contributed by atoms with van der Waals surface area (Å²) in [7, 11) is 0. The third-order valence-corrected chi connectivity index (χ3v) is 4.68. The van der Waals surface area contributed by atoms with Gasteiger partial charge in [0.2, 0.25) is 0 Å². The molecule has 0 radical (unpaired) electrons. The predicted octanol–water partition coefficient (Wildman–Crippen LogP) is 3.43. The minimum absolute atomic E-state index is 0.134. The van der Waals surface area contributed by atoms with Crippen LogP contribution in [0.5, 0.6) is 0 Å². The van der Waals surface area contributed by atoms with Crippen LogP contribution in [0.15, 0.2) is 18.2 Å². The summed E-state index contributed by atoms with van der Waals surface area (Å²) in [6.45, 7) is 10.6. The van der Waals surface area contributed by atoms with Crippen LogP contribution in [0.25, 0.3) is 0 Å². The first-order valence-electron chi connectivity index (χ1n) is 8.13. The lowest BCUT2D eigenvalue weighted by atomic mass is 10.00. The molecular weight excluding hydrogens is 278 g/mol. The number of hydrogen-bond donors (Lipinski definition) is 1. The second kappa shape index (κ2) is 7.20. The Morgan fingerprint density at radius 1 is 1.27 bits per heavy atom. The molecule has 122 valence electrons. The van der Waals surface area contributed by atoms with Crippen molar-refractivity contribution in [1.29, 1.82) is 0 Å². The molecule has 0 spiro atoms. The van der Waals surface area contributed by atoms with Gasteiger partial charge in [-0.1, -0.05) is 12.1 Å². The van der Waals surface area contributed by atoms with Gasteiger partial charge in [0.05, 0.1) is 4.92 Å². The molecule has 0 aliphatic carbocycles. The second-order valence-electron chi connectivity index (χ2n) is 6.60. The van der Waals surface area contributed by atoms with Crippen LogP contribution in [-0.2, 0) is 0 Å². The van der Waals surface area contributed by atoms with Crippen LogP contribution in [0.2, 0.25) is 0 Å². The number of nitro benzene ring substituents is 1. The van der Waals surface area contributed by atoms with Gasteiger partial charge in [-0.15, -0.1) is 0 Å². The molecule has 1 aliphatic heterocycles. The maximum absolute atomic E-state index is 11.1. The first kappa shape index (κ1) is 16.9. The second-order valence-corrected chi connectivity index (χ2v) is 6.60. The van der Waals surface area contributed by atoms with Crippen LogP contribution in [0.4, 0.5) is 5.69 Å². The number of nitrogens with zero attached hydrogens (tertiary/aromatic N) is 2. The number of hydrogen-bond acceptors (Lipinski definition) is 4. The van der Waals surface area contributed by atoms with E-state index in [1.54, 1.807) is 13.0 Å². The topological polar surface area (TPSA) is 58.4 Å². The lowest BCUT2D eigenvalue weighted by molar-refractivity contribution is -0.385. The highest BCUT2D eigenvalue weighted by molar-refractivity contribution is 5.43. The van der Waals surface area contributed by atoms with E-state index in [4.69, 9.17) is 0 Å². The zero-order valence-electron chi connectivity index (χ0n) is 14.0. The molecule has 1 fully saturated rings. The van der Waals surface area contributed by atoms with E-state index in [9.17, 15) is 10.1 Å². The maximum atomic E-state index is 11.1. The maximum Gasteiger partial charge on any atom is 0.272 e. The van der Waals surface area contributed by atoms with Crippen molar-refractivity contribution in [3.8, 4) is 0 Å². The van der Waals surface area contributed by atoms with Gasteiger partial charge in [-0.3, -0.25) is 10.1 Å². The molecule has 1 unspecified atom stereocenters. The normalized spacial score (nSPS) is 18.6. The van der Waals surface area contributed by atoms with Crippen LogP contribution in [-0.4, -0.2) is 35.0 Å². The van der Waals surface area contributed by atoms with Crippen LogP contribution in [0, 0.1) is 17.0 Å². The SMILES string of the molecule is Cc1ccc(C(C)NC2CCN(C(C)C)CC2)cc1[N+](=O)[O-]. The lowest BCUT2D eigenvalue weighted by Crippen LogP contribution is -2.45. The van der Waals surface area contributed by atoms with Crippen LogP contribution >= 0.6 is 0 Å². The van der Waals surface area contributed by atoms with E-state index < -0.39 is 0 Å². The van der Waals surface area contributed by atoms with Crippen molar-refractivity contribution in [2.24, 2.45) is 0 Å². The quantitative estimate of drug-likeness (QED) is 0.669. The molecule has 2 rings (SSSR count). The van der Waals surface area contributed by atoms with Gasteiger partial charge in [-0.2, -0.15) is 0 Å². The average Bonchev–Trinajstić information content (AvgIpc) is 2.47. The smallest absolute Gasteiger partial charge is 0.272 e. The summed E-state index contributed by atoms with van der Waals surface area (Å²) in [5, 5.41) is 14.7. The fourth-order valence-corrected chi connectivity index (χ4v) is 3.12. The Bertz CT molecular complexity index is 523. The van der Waals surface area contributed by atoms with Crippen molar-refractivity contribution in [3.05, 3.63) is 39.4 Å². The number of rotatable bonds is 5. The van der Waals surface area contributed by atoms with E-state index in [1.807, 2.05) is 12.1 Å². The fraction of sp³-hybridized carbons (Fsp3) is 0.647. The van der Waals surface area contributed by atoms with E-state index in [2.05, 4.69) is 31.0 Å². The van der Waals surface area contributed by atoms with Crippen LogP contribution in [0.1, 0.15) is 50.8 Å². The highest BCUT2D eigenvalue weighted by Crippen LogP contribution is 2.24. The summed E-state index contributed by atoms with van der Waals surface area (Å²) in [5.74, 6) is 0. The number of aryl methyl sites for hydroxylation is 1. The third-order valence-electron chi connectivity index (χ3n) is 4.68. The minimum Gasteiger partial charge on any atom is -0.307 e. The van der Waals surface area contributed by atoms with E-state index in [0.717, 1.165) is 31.5 Å². The van der Waals surface area contributed by atoms with Gasteiger partial charge in [0, 0.05) is 29.8 Å². The van der Waals surface area contributed by atoms with Crippen molar-refractivity contribution in [2.45, 2.75) is 58.7 Å². The van der Waals surface area contributed by atoms with Gasteiger partial charge in [-0.05, 0) is 59.2 Å². The standard InChI is InChI=1S/C17H27N3O2/c1-12(2)19-9-7-16(8-10-19)18-14(4)15-6-5-13(3)17(11-15)20(21)22/h5-6,11-12,14,16,18H,7-10H2,1-4H3. The lowest BCUT2D eigenvalue weighted by Gasteiger charge is -2.36. The molecule has 1 N–H and O–H groups in total. The van der Waals surface area contributed by atoms with Crippen molar-refractivity contribution in [3.63, 3.8) is 0 Å².